The SMILES string of the molecule is C[C@@H]1CC2CCC1C1(c3ccccc3-c3ccc(N(c4ccc(-c5ccccc5)cc4)c4ccc5c(c4)-c4ccccc4[C@]54CC5CCC4C5)cc31)[C@@H](C)C2. The third-order valence-corrected chi connectivity index (χ3v) is 16.2. The topological polar surface area (TPSA) is 3.24 Å². The van der Waals surface area contributed by atoms with Crippen molar-refractivity contribution in [2.75, 3.05) is 4.90 Å². The van der Waals surface area contributed by atoms with Crippen molar-refractivity contribution < 1.29 is 0 Å². The van der Waals surface area contributed by atoms with Crippen molar-refractivity contribution in [3.63, 3.8) is 0 Å². The second-order valence-electron chi connectivity index (χ2n) is 18.6. The minimum absolute atomic E-state index is 0.0421. The van der Waals surface area contributed by atoms with Gasteiger partial charge >= 0.3 is 0 Å². The third kappa shape index (κ3) is 4.36. The van der Waals surface area contributed by atoms with Gasteiger partial charge in [-0.05, 0) is 166 Å². The van der Waals surface area contributed by atoms with Crippen LogP contribution in [0.5, 0.6) is 0 Å². The number of benzene rings is 6. The number of fused-ring (bicyclic) bond motifs is 14. The van der Waals surface area contributed by atoms with Crippen LogP contribution in [0.3, 0.4) is 0 Å². The minimum atomic E-state index is 0.0421. The fraction of sp³-hybridized carbons (Fsp3) is 0.333. The molecule has 0 saturated heterocycles. The summed E-state index contributed by atoms with van der Waals surface area (Å²) in [5.41, 5.74) is 18.7. The number of nitrogens with zero attached hydrogens (tertiary/aromatic N) is 1. The van der Waals surface area contributed by atoms with E-state index in [-0.39, 0.29) is 10.8 Å². The first-order chi connectivity index (χ1) is 27.0. The first kappa shape index (κ1) is 32.4. The van der Waals surface area contributed by atoms with E-state index in [4.69, 9.17) is 0 Å². The van der Waals surface area contributed by atoms with E-state index in [1.165, 1.54) is 102 Å². The lowest BCUT2D eigenvalue weighted by Crippen LogP contribution is -2.42. The van der Waals surface area contributed by atoms with Gasteiger partial charge in [-0.3, -0.25) is 0 Å². The monoisotopic (exact) mass is 713 g/mol. The van der Waals surface area contributed by atoms with Crippen molar-refractivity contribution in [2.24, 2.45) is 35.5 Å². The highest BCUT2D eigenvalue weighted by Gasteiger charge is 2.58. The van der Waals surface area contributed by atoms with Crippen molar-refractivity contribution in [3.05, 3.63) is 162 Å². The quantitative estimate of drug-likeness (QED) is 0.176. The summed E-state index contributed by atoms with van der Waals surface area (Å²) in [6.07, 6.45) is 10.9. The number of hydrogen-bond donors (Lipinski definition) is 0. The van der Waals surface area contributed by atoms with Crippen LogP contribution >= 0.6 is 0 Å². The summed E-state index contributed by atoms with van der Waals surface area (Å²) in [5, 5.41) is 0. The largest absolute Gasteiger partial charge is 0.310 e. The number of anilines is 3. The van der Waals surface area contributed by atoms with Gasteiger partial charge in [0, 0.05) is 27.9 Å². The lowest BCUT2D eigenvalue weighted by atomic mass is 9.57. The maximum atomic E-state index is 2.65. The van der Waals surface area contributed by atoms with Gasteiger partial charge in [-0.2, -0.15) is 0 Å². The van der Waals surface area contributed by atoms with Crippen molar-refractivity contribution in [2.45, 2.75) is 76.0 Å². The van der Waals surface area contributed by atoms with E-state index in [0.29, 0.717) is 11.8 Å². The van der Waals surface area contributed by atoms with Crippen LogP contribution in [0.15, 0.2) is 140 Å². The molecule has 1 nitrogen and oxygen atoms in total. The molecule has 0 radical (unpaired) electrons. The molecule has 272 valence electrons. The van der Waals surface area contributed by atoms with Crippen LogP contribution in [-0.2, 0) is 10.8 Å². The van der Waals surface area contributed by atoms with Gasteiger partial charge in [0.15, 0.2) is 0 Å². The Morgan fingerprint density at radius 1 is 0.473 bits per heavy atom. The van der Waals surface area contributed by atoms with Gasteiger partial charge in [-0.15, -0.1) is 0 Å². The van der Waals surface area contributed by atoms with E-state index < -0.39 is 0 Å². The van der Waals surface area contributed by atoms with Crippen molar-refractivity contribution in [1.82, 2.24) is 0 Å². The molecule has 13 rings (SSSR count). The fourth-order valence-electron chi connectivity index (χ4n) is 14.3. The van der Waals surface area contributed by atoms with Crippen LogP contribution in [0, 0.1) is 35.5 Å². The molecule has 5 unspecified atom stereocenters. The molecule has 1 heteroatoms. The molecule has 4 bridgehead atoms. The first-order valence-electron chi connectivity index (χ1n) is 21.5. The first-order valence-corrected chi connectivity index (χ1v) is 21.5. The number of hydrogen-bond acceptors (Lipinski definition) is 1. The van der Waals surface area contributed by atoms with Gasteiger partial charge in [0.05, 0.1) is 0 Å². The smallest absolute Gasteiger partial charge is 0.0468 e. The molecule has 0 heterocycles. The molecule has 7 aliphatic carbocycles. The maximum absolute atomic E-state index is 2.65. The zero-order chi connectivity index (χ0) is 36.5. The van der Waals surface area contributed by atoms with E-state index in [1.807, 2.05) is 0 Å². The van der Waals surface area contributed by atoms with Crippen LogP contribution in [0.1, 0.15) is 87.5 Å². The molecule has 2 spiro atoms. The predicted octanol–water partition coefficient (Wildman–Crippen LogP) is 14.3. The summed E-state index contributed by atoms with van der Waals surface area (Å²) in [4.78, 5) is 2.59. The second-order valence-corrected chi connectivity index (χ2v) is 18.6. The third-order valence-electron chi connectivity index (χ3n) is 16.2. The van der Waals surface area contributed by atoms with Crippen LogP contribution in [0.2, 0.25) is 0 Å². The molecule has 0 N–H and O–H groups in total. The van der Waals surface area contributed by atoms with Gasteiger partial charge in [0.1, 0.15) is 0 Å². The summed E-state index contributed by atoms with van der Waals surface area (Å²) < 4.78 is 0. The Balaban J connectivity index is 1.06. The van der Waals surface area contributed by atoms with Crippen LogP contribution in [0.4, 0.5) is 17.1 Å². The van der Waals surface area contributed by atoms with Crippen LogP contribution in [0.25, 0.3) is 33.4 Å². The van der Waals surface area contributed by atoms with Crippen molar-refractivity contribution >= 4 is 17.1 Å². The molecule has 0 aliphatic heterocycles. The standard InChI is InChI=1S/C54H51N/c1-34-28-36-17-26-48(34)54(35(2)29-36)51-15-9-7-12-44(51)46-25-23-43(32-52(46)54)55(41-21-18-39(19-22-41)38-10-4-3-5-11-38)42-24-27-50-47(31-42)45-13-6-8-14-49(45)53(50)33-37-16-20-40(53)30-37/h3-15,18-19,21-25,27,31-32,34-37,40,48H,16-17,20,26,28-30,33H2,1-2H3/t34-,35+,36?,37?,40?,48?,53-,54?/m1/s1. The normalized spacial score (nSPS) is 30.3. The molecule has 6 aromatic carbocycles. The summed E-state index contributed by atoms with van der Waals surface area (Å²) in [6, 6.07) is 54.3. The highest BCUT2D eigenvalue weighted by Crippen LogP contribution is 2.67. The maximum Gasteiger partial charge on any atom is 0.0468 e. The Kier molecular flexibility index (Phi) is 6.95. The molecule has 5 saturated carbocycles. The molecular formula is C54H51N. The lowest BCUT2D eigenvalue weighted by molar-refractivity contribution is 0.158. The van der Waals surface area contributed by atoms with Crippen LogP contribution in [-0.4, -0.2) is 0 Å². The van der Waals surface area contributed by atoms with Crippen LogP contribution < -0.4 is 4.90 Å². The predicted molar refractivity (Wildman–Crippen MR) is 228 cm³/mol. The molecule has 8 atom stereocenters. The fourth-order valence-corrected chi connectivity index (χ4v) is 14.3. The van der Waals surface area contributed by atoms with Crippen molar-refractivity contribution in [1.29, 1.82) is 0 Å². The molecular weight excluding hydrogens is 663 g/mol. The van der Waals surface area contributed by atoms with Gasteiger partial charge in [0.25, 0.3) is 0 Å². The highest BCUT2D eigenvalue weighted by atomic mass is 15.1. The average molecular weight is 714 g/mol. The summed E-state index contributed by atoms with van der Waals surface area (Å²) >= 11 is 0. The molecule has 0 amide bonds. The Labute approximate surface area is 327 Å². The molecule has 5 fully saturated rings. The van der Waals surface area contributed by atoms with Gasteiger partial charge < -0.3 is 4.90 Å². The van der Waals surface area contributed by atoms with Gasteiger partial charge in [-0.25, -0.2) is 0 Å². The van der Waals surface area contributed by atoms with E-state index in [2.05, 4.69) is 158 Å². The Hall–Kier alpha value is -4.88. The minimum Gasteiger partial charge on any atom is -0.310 e. The lowest BCUT2D eigenvalue weighted by Gasteiger charge is -2.46. The van der Waals surface area contributed by atoms with E-state index >= 15 is 0 Å². The molecule has 6 aromatic rings. The van der Waals surface area contributed by atoms with Crippen molar-refractivity contribution in [3.8, 4) is 33.4 Å². The molecule has 7 aliphatic rings. The summed E-state index contributed by atoms with van der Waals surface area (Å²) in [6.45, 7) is 5.18. The number of rotatable bonds is 4. The zero-order valence-electron chi connectivity index (χ0n) is 32.3. The second kappa shape index (κ2) is 11.8. The molecule has 55 heavy (non-hydrogen) atoms. The van der Waals surface area contributed by atoms with Gasteiger partial charge in [-0.1, -0.05) is 130 Å². The Morgan fingerprint density at radius 3 is 1.87 bits per heavy atom. The zero-order valence-corrected chi connectivity index (χ0v) is 32.3. The Morgan fingerprint density at radius 2 is 1.11 bits per heavy atom. The average Bonchev–Trinajstić information content (AvgIpc) is 3.95. The highest BCUT2D eigenvalue weighted by molar-refractivity contribution is 5.90. The van der Waals surface area contributed by atoms with Gasteiger partial charge in [0.2, 0.25) is 0 Å². The molecule has 0 aromatic heterocycles. The van der Waals surface area contributed by atoms with E-state index in [9.17, 15) is 0 Å². The Bertz CT molecular complexity index is 2480. The van der Waals surface area contributed by atoms with E-state index in [1.54, 1.807) is 22.3 Å². The van der Waals surface area contributed by atoms with E-state index in [0.717, 1.165) is 23.7 Å². The summed E-state index contributed by atoms with van der Waals surface area (Å²) in [5.74, 6) is 4.47. The summed E-state index contributed by atoms with van der Waals surface area (Å²) in [7, 11) is 0.